The molecule has 2 heterocycles. The lowest BCUT2D eigenvalue weighted by molar-refractivity contribution is 0.0733. The van der Waals surface area contributed by atoms with Crippen LogP contribution in [-0.4, -0.2) is 78.6 Å². The van der Waals surface area contributed by atoms with Gasteiger partial charge in [-0.15, -0.1) is 0 Å². The van der Waals surface area contributed by atoms with Gasteiger partial charge in [-0.2, -0.15) is 0 Å². The van der Waals surface area contributed by atoms with E-state index in [1.807, 2.05) is 11.2 Å². The van der Waals surface area contributed by atoms with E-state index in [-0.39, 0.29) is 5.24 Å². The number of likely N-dealkylation sites (tertiary alicyclic amines) is 1. The second-order valence-electron chi connectivity index (χ2n) is 5.05. The first-order chi connectivity index (χ1) is 8.20. The molecule has 4 nitrogen and oxygen atoms in total. The highest BCUT2D eigenvalue weighted by atomic mass is 32.2. The molecule has 17 heavy (non-hydrogen) atoms. The molecule has 2 aliphatic rings. The van der Waals surface area contributed by atoms with Gasteiger partial charge in [0.15, 0.2) is 0 Å². The zero-order valence-corrected chi connectivity index (χ0v) is 11.7. The van der Waals surface area contributed by atoms with Crippen LogP contribution in [-0.2, 0) is 0 Å². The first kappa shape index (κ1) is 13.2. The molecule has 1 atom stereocenters. The summed E-state index contributed by atoms with van der Waals surface area (Å²) < 4.78 is 0. The van der Waals surface area contributed by atoms with Gasteiger partial charge in [0, 0.05) is 45.3 Å². The van der Waals surface area contributed by atoms with Crippen molar-refractivity contribution in [1.82, 2.24) is 14.7 Å². The summed E-state index contributed by atoms with van der Waals surface area (Å²) in [4.78, 5) is 18.7. The lowest BCUT2D eigenvalue weighted by Crippen LogP contribution is -2.54. The summed E-state index contributed by atoms with van der Waals surface area (Å²) in [5.41, 5.74) is 0. The maximum absolute atomic E-state index is 11.7. The molecule has 0 saturated carbocycles. The Morgan fingerprint density at radius 3 is 2.53 bits per heavy atom. The van der Waals surface area contributed by atoms with Crippen LogP contribution in [0, 0.1) is 0 Å². The summed E-state index contributed by atoms with van der Waals surface area (Å²) in [7, 11) is 2.18. The van der Waals surface area contributed by atoms with Crippen molar-refractivity contribution in [3.8, 4) is 0 Å². The Balaban J connectivity index is 1.86. The van der Waals surface area contributed by atoms with E-state index >= 15 is 0 Å². The SMILES string of the molecule is CSC(=O)N1CCCC(N2CCN(C)CC2)C1. The Labute approximate surface area is 108 Å². The third-order valence-electron chi connectivity index (χ3n) is 3.88. The minimum atomic E-state index is 0.240. The third-order valence-corrected chi connectivity index (χ3v) is 4.49. The number of piperazine rings is 1. The zero-order chi connectivity index (χ0) is 12.3. The van der Waals surface area contributed by atoms with Crippen molar-refractivity contribution in [2.45, 2.75) is 18.9 Å². The van der Waals surface area contributed by atoms with Crippen LogP contribution in [0.1, 0.15) is 12.8 Å². The van der Waals surface area contributed by atoms with Gasteiger partial charge >= 0.3 is 0 Å². The summed E-state index contributed by atoms with van der Waals surface area (Å²) in [6.07, 6.45) is 4.28. The predicted molar refractivity (Wildman–Crippen MR) is 72.6 cm³/mol. The van der Waals surface area contributed by atoms with E-state index in [0.29, 0.717) is 6.04 Å². The number of nitrogens with zero attached hydrogens (tertiary/aromatic N) is 3. The fraction of sp³-hybridized carbons (Fsp3) is 0.917. The number of rotatable bonds is 1. The molecular formula is C12H23N3OS. The molecule has 1 amide bonds. The standard InChI is InChI=1S/C12H23N3OS/c1-13-6-8-14(9-7-13)11-4-3-5-15(10-11)12(16)17-2/h11H,3-10H2,1-2H3. The molecule has 0 spiro atoms. The van der Waals surface area contributed by atoms with Crippen molar-refractivity contribution in [2.24, 2.45) is 0 Å². The van der Waals surface area contributed by atoms with E-state index in [1.54, 1.807) is 0 Å². The number of carbonyl (C=O) groups excluding carboxylic acids is 1. The van der Waals surface area contributed by atoms with Crippen LogP contribution in [0.3, 0.4) is 0 Å². The van der Waals surface area contributed by atoms with Crippen LogP contribution in [0.4, 0.5) is 4.79 Å². The molecule has 0 bridgehead atoms. The number of thioether (sulfide) groups is 1. The molecule has 2 aliphatic heterocycles. The van der Waals surface area contributed by atoms with Crippen molar-refractivity contribution < 1.29 is 4.79 Å². The average molecular weight is 257 g/mol. The van der Waals surface area contributed by atoms with Gasteiger partial charge in [-0.3, -0.25) is 9.69 Å². The van der Waals surface area contributed by atoms with E-state index in [2.05, 4.69) is 16.8 Å². The summed E-state index contributed by atoms with van der Waals surface area (Å²) in [5.74, 6) is 0. The molecule has 0 aromatic carbocycles. The third kappa shape index (κ3) is 3.36. The highest BCUT2D eigenvalue weighted by molar-refractivity contribution is 8.12. The lowest BCUT2D eigenvalue weighted by Gasteiger charge is -2.42. The van der Waals surface area contributed by atoms with E-state index in [1.165, 1.54) is 18.2 Å². The number of piperidine rings is 1. The molecular weight excluding hydrogens is 234 g/mol. The second kappa shape index (κ2) is 6.07. The first-order valence-corrected chi connectivity index (χ1v) is 7.68. The molecule has 0 aromatic rings. The van der Waals surface area contributed by atoms with Gasteiger partial charge in [0.05, 0.1) is 0 Å². The molecule has 2 saturated heterocycles. The number of amides is 1. The second-order valence-corrected chi connectivity index (χ2v) is 5.81. The lowest BCUT2D eigenvalue weighted by atomic mass is 10.0. The summed E-state index contributed by atoms with van der Waals surface area (Å²) in [5, 5.41) is 0.240. The number of hydrogen-bond acceptors (Lipinski definition) is 4. The summed E-state index contributed by atoms with van der Waals surface area (Å²) >= 11 is 1.34. The highest BCUT2D eigenvalue weighted by Crippen LogP contribution is 2.19. The molecule has 5 heteroatoms. The molecule has 2 rings (SSSR count). The van der Waals surface area contributed by atoms with E-state index < -0.39 is 0 Å². The van der Waals surface area contributed by atoms with Gasteiger partial charge in [0.25, 0.3) is 5.24 Å². The van der Waals surface area contributed by atoms with Crippen LogP contribution >= 0.6 is 11.8 Å². The number of carbonyl (C=O) groups is 1. The Morgan fingerprint density at radius 1 is 1.18 bits per heavy atom. The maximum atomic E-state index is 11.7. The van der Waals surface area contributed by atoms with Crippen LogP contribution in [0.5, 0.6) is 0 Å². The van der Waals surface area contributed by atoms with E-state index in [4.69, 9.17) is 0 Å². The molecule has 1 unspecified atom stereocenters. The molecule has 0 aromatic heterocycles. The molecule has 98 valence electrons. The van der Waals surface area contributed by atoms with Crippen molar-refractivity contribution in [3.63, 3.8) is 0 Å². The van der Waals surface area contributed by atoms with Crippen molar-refractivity contribution in [1.29, 1.82) is 0 Å². The van der Waals surface area contributed by atoms with Crippen molar-refractivity contribution >= 4 is 17.0 Å². The van der Waals surface area contributed by atoms with E-state index in [9.17, 15) is 4.79 Å². The molecule has 0 radical (unpaired) electrons. The van der Waals surface area contributed by atoms with Crippen LogP contribution in [0.25, 0.3) is 0 Å². The fourth-order valence-corrected chi connectivity index (χ4v) is 3.16. The highest BCUT2D eigenvalue weighted by Gasteiger charge is 2.28. The number of hydrogen-bond donors (Lipinski definition) is 0. The fourth-order valence-electron chi connectivity index (χ4n) is 2.73. The Kier molecular flexibility index (Phi) is 4.70. The Hall–Kier alpha value is -0.260. The number of likely N-dealkylation sites (N-methyl/N-ethyl adjacent to an activating group) is 1. The van der Waals surface area contributed by atoms with Crippen LogP contribution in [0.2, 0.25) is 0 Å². The zero-order valence-electron chi connectivity index (χ0n) is 10.9. The maximum Gasteiger partial charge on any atom is 0.281 e. The van der Waals surface area contributed by atoms with Gasteiger partial charge in [-0.25, -0.2) is 0 Å². The van der Waals surface area contributed by atoms with Crippen LogP contribution in [0.15, 0.2) is 0 Å². The van der Waals surface area contributed by atoms with Gasteiger partial charge in [-0.1, -0.05) is 11.8 Å². The van der Waals surface area contributed by atoms with E-state index in [0.717, 1.165) is 45.7 Å². The van der Waals surface area contributed by atoms with Crippen molar-refractivity contribution in [3.05, 3.63) is 0 Å². The Morgan fingerprint density at radius 2 is 1.88 bits per heavy atom. The first-order valence-electron chi connectivity index (χ1n) is 6.46. The molecule has 0 aliphatic carbocycles. The van der Waals surface area contributed by atoms with Gasteiger partial charge < -0.3 is 9.80 Å². The monoisotopic (exact) mass is 257 g/mol. The average Bonchev–Trinajstić information content (AvgIpc) is 2.39. The van der Waals surface area contributed by atoms with Gasteiger partial charge in [0.2, 0.25) is 0 Å². The van der Waals surface area contributed by atoms with Gasteiger partial charge in [0.1, 0.15) is 0 Å². The minimum absolute atomic E-state index is 0.240. The largest absolute Gasteiger partial charge is 0.332 e. The smallest absolute Gasteiger partial charge is 0.281 e. The molecule has 0 N–H and O–H groups in total. The Bertz CT molecular complexity index is 266. The van der Waals surface area contributed by atoms with Crippen molar-refractivity contribution in [2.75, 3.05) is 52.6 Å². The summed E-state index contributed by atoms with van der Waals surface area (Å²) in [6, 6.07) is 0.591. The normalized spacial score (nSPS) is 28.4. The van der Waals surface area contributed by atoms with Crippen LogP contribution < -0.4 is 0 Å². The van der Waals surface area contributed by atoms with Gasteiger partial charge in [-0.05, 0) is 26.1 Å². The topological polar surface area (TPSA) is 26.8 Å². The predicted octanol–water partition coefficient (Wildman–Crippen LogP) is 1.18. The minimum Gasteiger partial charge on any atom is -0.332 e. The quantitative estimate of drug-likeness (QED) is 0.705. The molecule has 2 fully saturated rings. The summed E-state index contributed by atoms with van der Waals surface area (Å²) in [6.45, 7) is 6.51.